The fourth-order valence-corrected chi connectivity index (χ4v) is 4.28. The van der Waals surface area contributed by atoms with Crippen LogP contribution in [0.4, 0.5) is 5.69 Å². The second kappa shape index (κ2) is 10.4. The van der Waals surface area contributed by atoms with Crippen LogP contribution >= 0.6 is 0 Å². The highest BCUT2D eigenvalue weighted by atomic mass is 15.8. The minimum Gasteiger partial charge on any atom is -0.381 e. The van der Waals surface area contributed by atoms with Crippen molar-refractivity contribution in [3.05, 3.63) is 66.4 Å². The Morgan fingerprint density at radius 1 is 1.28 bits per heavy atom. The Bertz CT molecular complexity index is 749. The molecule has 0 spiro atoms. The largest absolute Gasteiger partial charge is 0.381 e. The molecule has 0 saturated carbocycles. The molecule has 4 nitrogen and oxygen atoms in total. The number of nitrogens with zero attached hydrogens (tertiary/aromatic N) is 3. The SMILES string of the molecule is C=C(/C=N\N(c1ccccc1)N1CCCC1C)C(=C)NCC1=CCCC1CCC. The quantitative estimate of drug-likeness (QED) is 0.241. The Labute approximate surface area is 176 Å². The second-order valence-corrected chi connectivity index (χ2v) is 8.22. The van der Waals surface area contributed by atoms with Gasteiger partial charge < -0.3 is 5.32 Å². The summed E-state index contributed by atoms with van der Waals surface area (Å²) in [6.07, 6.45) is 11.6. The molecule has 4 heteroatoms. The molecule has 2 atom stereocenters. The van der Waals surface area contributed by atoms with Gasteiger partial charge in [0.15, 0.2) is 0 Å². The summed E-state index contributed by atoms with van der Waals surface area (Å²) in [4.78, 5) is 0. The van der Waals surface area contributed by atoms with E-state index in [-0.39, 0.29) is 0 Å². The summed E-state index contributed by atoms with van der Waals surface area (Å²) in [5.74, 6) is 0.729. The highest BCUT2D eigenvalue weighted by Crippen LogP contribution is 2.29. The first-order chi connectivity index (χ1) is 14.1. The van der Waals surface area contributed by atoms with Gasteiger partial charge in [-0.3, -0.25) is 0 Å². The molecule has 1 saturated heterocycles. The van der Waals surface area contributed by atoms with Crippen LogP contribution in [0.3, 0.4) is 0 Å². The van der Waals surface area contributed by atoms with E-state index >= 15 is 0 Å². The lowest BCUT2D eigenvalue weighted by Crippen LogP contribution is -2.41. The first-order valence-corrected chi connectivity index (χ1v) is 11.1. The fraction of sp³-hybridized carbons (Fsp3) is 0.480. The molecule has 0 bridgehead atoms. The molecule has 0 amide bonds. The van der Waals surface area contributed by atoms with Crippen molar-refractivity contribution in [3.8, 4) is 0 Å². The zero-order valence-corrected chi connectivity index (χ0v) is 18.1. The Balaban J connectivity index is 1.61. The van der Waals surface area contributed by atoms with Crippen molar-refractivity contribution in [1.82, 2.24) is 10.3 Å². The molecule has 1 aromatic rings. The summed E-state index contributed by atoms with van der Waals surface area (Å²) in [7, 11) is 0. The average molecular weight is 393 g/mol. The third-order valence-corrected chi connectivity index (χ3v) is 6.05. The normalized spacial score (nSPS) is 22.1. The molecule has 156 valence electrons. The van der Waals surface area contributed by atoms with Gasteiger partial charge in [-0.15, -0.1) is 0 Å². The number of hydrazine groups is 1. The van der Waals surface area contributed by atoms with Gasteiger partial charge in [0.05, 0.1) is 11.9 Å². The van der Waals surface area contributed by atoms with E-state index in [9.17, 15) is 0 Å². The van der Waals surface area contributed by atoms with Gasteiger partial charge in [-0.25, -0.2) is 0 Å². The molecule has 3 rings (SSSR count). The van der Waals surface area contributed by atoms with Gasteiger partial charge in [-0.05, 0) is 57.1 Å². The van der Waals surface area contributed by atoms with Crippen LogP contribution in [0.5, 0.6) is 0 Å². The van der Waals surface area contributed by atoms with Crippen LogP contribution in [-0.4, -0.2) is 30.4 Å². The van der Waals surface area contributed by atoms with E-state index < -0.39 is 0 Å². The van der Waals surface area contributed by atoms with Crippen LogP contribution in [0.25, 0.3) is 0 Å². The molecule has 1 N–H and O–H groups in total. The number of benzene rings is 1. The van der Waals surface area contributed by atoms with Crippen molar-refractivity contribution < 1.29 is 0 Å². The summed E-state index contributed by atoms with van der Waals surface area (Å²) in [5, 5.41) is 12.6. The van der Waals surface area contributed by atoms with E-state index in [2.05, 4.69) is 67.7 Å². The Kier molecular flexibility index (Phi) is 7.70. The van der Waals surface area contributed by atoms with E-state index in [0.717, 1.165) is 36.0 Å². The summed E-state index contributed by atoms with van der Waals surface area (Å²) in [5.41, 5.74) is 4.26. The zero-order chi connectivity index (χ0) is 20.6. The van der Waals surface area contributed by atoms with Crippen LogP contribution in [0, 0.1) is 5.92 Å². The van der Waals surface area contributed by atoms with Gasteiger partial charge in [0, 0.05) is 30.4 Å². The van der Waals surface area contributed by atoms with Crippen LogP contribution in [0.2, 0.25) is 0 Å². The van der Waals surface area contributed by atoms with E-state index in [0.29, 0.717) is 6.04 Å². The van der Waals surface area contributed by atoms with Gasteiger partial charge in [0.25, 0.3) is 0 Å². The van der Waals surface area contributed by atoms with Crippen molar-refractivity contribution in [1.29, 1.82) is 0 Å². The predicted octanol–water partition coefficient (Wildman–Crippen LogP) is 5.67. The summed E-state index contributed by atoms with van der Waals surface area (Å²) in [6, 6.07) is 10.8. The fourth-order valence-electron chi connectivity index (χ4n) is 4.28. The van der Waals surface area contributed by atoms with E-state index in [1.165, 1.54) is 44.1 Å². The van der Waals surface area contributed by atoms with Crippen LogP contribution in [0.1, 0.15) is 52.4 Å². The molecule has 1 heterocycles. The Morgan fingerprint density at radius 2 is 2.07 bits per heavy atom. The molecule has 2 aliphatic rings. The molecule has 1 fully saturated rings. The lowest BCUT2D eigenvalue weighted by atomic mass is 9.96. The number of hydrogen-bond donors (Lipinski definition) is 1. The highest BCUT2D eigenvalue weighted by molar-refractivity contribution is 5.83. The number of anilines is 1. The second-order valence-electron chi connectivity index (χ2n) is 8.22. The number of nitrogens with one attached hydrogen (secondary N) is 1. The van der Waals surface area contributed by atoms with Crippen LogP contribution in [-0.2, 0) is 0 Å². The number of hydrogen-bond acceptors (Lipinski definition) is 4. The topological polar surface area (TPSA) is 30.9 Å². The third kappa shape index (κ3) is 5.60. The maximum atomic E-state index is 4.79. The number of allylic oxidation sites excluding steroid dienone is 2. The molecule has 29 heavy (non-hydrogen) atoms. The predicted molar refractivity (Wildman–Crippen MR) is 125 cm³/mol. The van der Waals surface area contributed by atoms with E-state index in [1.54, 1.807) is 0 Å². The maximum absolute atomic E-state index is 4.79. The van der Waals surface area contributed by atoms with Crippen LogP contribution in [0.15, 0.2) is 71.5 Å². The lowest BCUT2D eigenvalue weighted by molar-refractivity contribution is 0.247. The third-order valence-electron chi connectivity index (χ3n) is 6.05. The van der Waals surface area contributed by atoms with Crippen molar-refractivity contribution in [2.75, 3.05) is 18.2 Å². The summed E-state index contributed by atoms with van der Waals surface area (Å²) >= 11 is 0. The summed E-state index contributed by atoms with van der Waals surface area (Å²) in [6.45, 7) is 14.8. The van der Waals surface area contributed by atoms with E-state index in [1.807, 2.05) is 17.4 Å². The van der Waals surface area contributed by atoms with Crippen molar-refractivity contribution in [3.63, 3.8) is 0 Å². The number of hydrazone groups is 1. The van der Waals surface area contributed by atoms with Crippen molar-refractivity contribution in [2.45, 2.75) is 58.4 Å². The van der Waals surface area contributed by atoms with Gasteiger partial charge in [0.2, 0.25) is 0 Å². The minimum atomic E-state index is 0.478. The molecule has 1 aliphatic carbocycles. The van der Waals surface area contributed by atoms with Gasteiger partial charge in [-0.2, -0.15) is 15.2 Å². The standard InChI is InChI=1S/C25H36N4/c1-5-11-23-13-9-14-24(23)19-26-22(4)20(2)18-27-29(25-15-7-6-8-16-25)28-17-10-12-21(28)3/h6-8,14-16,18,21,23,26H,2,4-5,9-13,17,19H2,1,3H3/b27-18-. The monoisotopic (exact) mass is 392 g/mol. The molecular weight excluding hydrogens is 356 g/mol. The Morgan fingerprint density at radius 3 is 2.76 bits per heavy atom. The smallest absolute Gasteiger partial charge is 0.0781 e. The van der Waals surface area contributed by atoms with Gasteiger partial charge in [0.1, 0.15) is 0 Å². The van der Waals surface area contributed by atoms with Gasteiger partial charge >= 0.3 is 0 Å². The zero-order valence-electron chi connectivity index (χ0n) is 18.1. The molecule has 0 radical (unpaired) electrons. The van der Waals surface area contributed by atoms with E-state index in [4.69, 9.17) is 5.10 Å². The average Bonchev–Trinajstić information content (AvgIpc) is 3.36. The molecular formula is C25H36N4. The summed E-state index contributed by atoms with van der Waals surface area (Å²) < 4.78 is 0. The molecule has 1 aliphatic heterocycles. The Hall–Kier alpha value is -2.33. The first-order valence-electron chi connectivity index (χ1n) is 11.1. The molecule has 2 unspecified atom stereocenters. The number of rotatable bonds is 10. The van der Waals surface area contributed by atoms with Crippen LogP contribution < -0.4 is 10.4 Å². The molecule has 1 aromatic carbocycles. The van der Waals surface area contributed by atoms with Gasteiger partial charge in [-0.1, -0.05) is 56.4 Å². The van der Waals surface area contributed by atoms with Crippen molar-refractivity contribution >= 4 is 11.9 Å². The minimum absolute atomic E-state index is 0.478. The molecule has 0 aromatic heterocycles. The highest BCUT2D eigenvalue weighted by Gasteiger charge is 2.26. The number of para-hydroxylation sites is 1. The lowest BCUT2D eigenvalue weighted by Gasteiger charge is -2.32. The first kappa shape index (κ1) is 21.4. The van der Waals surface area contributed by atoms with Crippen molar-refractivity contribution in [2.24, 2.45) is 11.0 Å². The maximum Gasteiger partial charge on any atom is 0.0781 e.